The number of nitrogens with zero attached hydrogens (tertiary/aromatic N) is 1. The summed E-state index contributed by atoms with van der Waals surface area (Å²) in [5.41, 5.74) is 4.52. The highest BCUT2D eigenvalue weighted by Gasteiger charge is 2.43. The Hall–Kier alpha value is -3.44. The van der Waals surface area contributed by atoms with Gasteiger partial charge >= 0.3 is 5.97 Å². The number of halogens is 1. The number of aromatic nitrogens is 1. The number of hydrogen-bond acceptors (Lipinski definition) is 3. The second-order valence-corrected chi connectivity index (χ2v) is 8.30. The van der Waals surface area contributed by atoms with Crippen molar-refractivity contribution in [2.75, 3.05) is 5.32 Å². The van der Waals surface area contributed by atoms with Gasteiger partial charge in [-0.3, -0.25) is 14.6 Å². The number of benzene rings is 2. The second-order valence-electron chi connectivity index (χ2n) is 7.86. The van der Waals surface area contributed by atoms with E-state index in [1.165, 1.54) is 0 Å². The van der Waals surface area contributed by atoms with E-state index in [-0.39, 0.29) is 24.2 Å². The molecule has 0 bridgehead atoms. The van der Waals surface area contributed by atoms with Gasteiger partial charge in [-0.05, 0) is 65.8 Å². The van der Waals surface area contributed by atoms with Gasteiger partial charge in [0.15, 0.2) is 0 Å². The van der Waals surface area contributed by atoms with Crippen LogP contribution in [0.2, 0.25) is 5.02 Å². The molecule has 0 spiro atoms. The number of rotatable bonds is 8. The Bertz CT molecular complexity index is 1140. The zero-order valence-electron chi connectivity index (χ0n) is 17.4. The number of carboxylic acid groups (broad SMARTS) is 1. The van der Waals surface area contributed by atoms with Gasteiger partial charge in [0.2, 0.25) is 5.91 Å². The molecule has 162 valence electrons. The predicted molar refractivity (Wildman–Crippen MR) is 126 cm³/mol. The fourth-order valence-electron chi connectivity index (χ4n) is 3.83. The van der Waals surface area contributed by atoms with Crippen molar-refractivity contribution in [2.45, 2.75) is 25.2 Å². The smallest absolute Gasteiger partial charge is 0.303 e. The Morgan fingerprint density at radius 2 is 1.88 bits per heavy atom. The summed E-state index contributed by atoms with van der Waals surface area (Å²) in [4.78, 5) is 27.9. The van der Waals surface area contributed by atoms with Crippen LogP contribution in [0.5, 0.6) is 0 Å². The Kier molecular flexibility index (Phi) is 6.66. The number of amides is 1. The molecule has 1 aliphatic rings. The molecule has 4 rings (SSSR count). The molecule has 2 aromatic carbocycles. The maximum Gasteiger partial charge on any atom is 0.303 e. The van der Waals surface area contributed by atoms with Gasteiger partial charge in [0, 0.05) is 41.0 Å². The van der Waals surface area contributed by atoms with Crippen LogP contribution < -0.4 is 5.32 Å². The lowest BCUT2D eigenvalue weighted by Gasteiger charge is -2.11. The number of carbonyl (C=O) groups excluding carboxylic acids is 1. The maximum atomic E-state index is 12.8. The van der Waals surface area contributed by atoms with Gasteiger partial charge in [-0.2, -0.15) is 0 Å². The summed E-state index contributed by atoms with van der Waals surface area (Å²) in [5.74, 6) is -0.673. The van der Waals surface area contributed by atoms with E-state index in [4.69, 9.17) is 16.7 Å². The number of allylic oxidation sites excluding steroid dienone is 1. The fraction of sp³-hybridized carbons (Fsp3) is 0.192. The van der Waals surface area contributed by atoms with Crippen molar-refractivity contribution in [3.8, 4) is 0 Å². The Balaban J connectivity index is 1.49. The first-order valence-corrected chi connectivity index (χ1v) is 10.9. The highest BCUT2D eigenvalue weighted by molar-refractivity contribution is 6.30. The first kappa shape index (κ1) is 21.8. The lowest BCUT2D eigenvalue weighted by Crippen LogP contribution is -2.14. The average Bonchev–Trinajstić information content (AvgIpc) is 3.59. The normalized spacial score (nSPS) is 17.6. The van der Waals surface area contributed by atoms with E-state index in [1.54, 1.807) is 12.4 Å². The first-order valence-electron chi connectivity index (χ1n) is 10.5. The van der Waals surface area contributed by atoms with Crippen molar-refractivity contribution in [3.05, 3.63) is 101 Å². The summed E-state index contributed by atoms with van der Waals surface area (Å²) < 4.78 is 0. The van der Waals surface area contributed by atoms with E-state index in [1.807, 2.05) is 66.7 Å². The van der Waals surface area contributed by atoms with Crippen LogP contribution in [-0.4, -0.2) is 22.0 Å². The number of carboxylic acids is 1. The standard InChI is InChI=1S/C26H23ClN2O3/c27-20-11-9-17(10-12-20)23-15-24(23)26(32)29-21-6-1-4-18(14-21)22(7-2-8-25(30)31)19-5-3-13-28-16-19/h1,3-7,9-14,16,23-24H,2,8,15H2,(H,29,32)(H,30,31). The molecular formula is C26H23ClN2O3. The number of nitrogens with one attached hydrogen (secondary N) is 1. The average molecular weight is 447 g/mol. The molecule has 32 heavy (non-hydrogen) atoms. The van der Waals surface area contributed by atoms with E-state index >= 15 is 0 Å². The molecule has 1 amide bonds. The molecule has 2 atom stereocenters. The van der Waals surface area contributed by atoms with Crippen LogP contribution in [0, 0.1) is 5.92 Å². The van der Waals surface area contributed by atoms with Gasteiger partial charge in [-0.15, -0.1) is 0 Å². The quantitative estimate of drug-likeness (QED) is 0.460. The summed E-state index contributed by atoms with van der Waals surface area (Å²) in [7, 11) is 0. The molecule has 5 nitrogen and oxygen atoms in total. The third-order valence-corrected chi connectivity index (χ3v) is 5.80. The van der Waals surface area contributed by atoms with Gasteiger partial charge in [-0.1, -0.05) is 48.0 Å². The number of aliphatic carboxylic acids is 1. The molecule has 1 aromatic heterocycles. The van der Waals surface area contributed by atoms with Crippen molar-refractivity contribution >= 4 is 34.7 Å². The van der Waals surface area contributed by atoms with Crippen molar-refractivity contribution in [3.63, 3.8) is 0 Å². The number of anilines is 1. The van der Waals surface area contributed by atoms with E-state index in [0.717, 1.165) is 28.7 Å². The summed E-state index contributed by atoms with van der Waals surface area (Å²) in [5, 5.41) is 12.7. The number of pyridine rings is 1. The summed E-state index contributed by atoms with van der Waals surface area (Å²) in [6.45, 7) is 0. The molecule has 0 saturated heterocycles. The van der Waals surface area contributed by atoms with Gasteiger partial charge in [0.1, 0.15) is 0 Å². The molecule has 1 fully saturated rings. The Morgan fingerprint density at radius 1 is 1.09 bits per heavy atom. The Labute approximate surface area is 191 Å². The highest BCUT2D eigenvalue weighted by atomic mass is 35.5. The van der Waals surface area contributed by atoms with Crippen molar-refractivity contribution < 1.29 is 14.7 Å². The van der Waals surface area contributed by atoms with E-state index in [9.17, 15) is 9.59 Å². The van der Waals surface area contributed by atoms with Crippen LogP contribution in [0.3, 0.4) is 0 Å². The molecule has 0 radical (unpaired) electrons. The van der Waals surface area contributed by atoms with Crippen LogP contribution >= 0.6 is 11.6 Å². The molecule has 1 saturated carbocycles. The molecule has 0 aliphatic heterocycles. The minimum Gasteiger partial charge on any atom is -0.481 e. The van der Waals surface area contributed by atoms with Crippen molar-refractivity contribution in [1.29, 1.82) is 0 Å². The molecule has 1 heterocycles. The molecule has 3 aromatic rings. The first-order chi connectivity index (χ1) is 15.5. The molecule has 1 aliphatic carbocycles. The summed E-state index contributed by atoms with van der Waals surface area (Å²) >= 11 is 5.96. The van der Waals surface area contributed by atoms with Crippen LogP contribution in [0.4, 0.5) is 5.69 Å². The minimum absolute atomic E-state index is 0.000107. The lowest BCUT2D eigenvalue weighted by atomic mass is 9.97. The van der Waals surface area contributed by atoms with E-state index in [0.29, 0.717) is 17.1 Å². The highest BCUT2D eigenvalue weighted by Crippen LogP contribution is 2.48. The SMILES string of the molecule is O=C(O)CCC=C(c1cccnc1)c1cccc(NC(=O)C2CC2c2ccc(Cl)cc2)c1. The zero-order chi connectivity index (χ0) is 22.5. The van der Waals surface area contributed by atoms with E-state index in [2.05, 4.69) is 10.3 Å². The van der Waals surface area contributed by atoms with Gasteiger partial charge in [0.25, 0.3) is 0 Å². The Morgan fingerprint density at radius 3 is 2.59 bits per heavy atom. The summed E-state index contributed by atoms with van der Waals surface area (Å²) in [6.07, 6.45) is 6.63. The van der Waals surface area contributed by atoms with Crippen LogP contribution in [-0.2, 0) is 9.59 Å². The lowest BCUT2D eigenvalue weighted by molar-refractivity contribution is -0.136. The monoisotopic (exact) mass is 446 g/mol. The minimum atomic E-state index is -0.840. The van der Waals surface area contributed by atoms with Gasteiger partial charge < -0.3 is 10.4 Å². The molecule has 2 N–H and O–H groups in total. The third kappa shape index (κ3) is 5.42. The second kappa shape index (κ2) is 9.79. The van der Waals surface area contributed by atoms with Gasteiger partial charge in [-0.25, -0.2) is 0 Å². The molecular weight excluding hydrogens is 424 g/mol. The van der Waals surface area contributed by atoms with E-state index < -0.39 is 5.97 Å². The third-order valence-electron chi connectivity index (χ3n) is 5.55. The maximum absolute atomic E-state index is 12.8. The van der Waals surface area contributed by atoms with Gasteiger partial charge in [0.05, 0.1) is 0 Å². The zero-order valence-corrected chi connectivity index (χ0v) is 18.1. The van der Waals surface area contributed by atoms with Crippen LogP contribution in [0.25, 0.3) is 5.57 Å². The van der Waals surface area contributed by atoms with Crippen molar-refractivity contribution in [1.82, 2.24) is 4.98 Å². The largest absolute Gasteiger partial charge is 0.481 e. The predicted octanol–water partition coefficient (Wildman–Crippen LogP) is 5.77. The molecule has 6 heteroatoms. The summed E-state index contributed by atoms with van der Waals surface area (Å²) in [6, 6.07) is 19.0. The topological polar surface area (TPSA) is 79.3 Å². The number of hydrogen-bond donors (Lipinski definition) is 2. The van der Waals surface area contributed by atoms with Crippen LogP contribution in [0.1, 0.15) is 41.9 Å². The molecule has 2 unspecified atom stereocenters. The number of carbonyl (C=O) groups is 2. The van der Waals surface area contributed by atoms with Crippen molar-refractivity contribution in [2.24, 2.45) is 5.92 Å². The van der Waals surface area contributed by atoms with Crippen LogP contribution in [0.15, 0.2) is 79.1 Å². The fourth-order valence-corrected chi connectivity index (χ4v) is 3.95.